The van der Waals surface area contributed by atoms with E-state index in [1.54, 1.807) is 0 Å². The van der Waals surface area contributed by atoms with E-state index in [1.165, 1.54) is 0 Å². The fourth-order valence-electron chi connectivity index (χ4n) is 2.49. The molecule has 2 atom stereocenters. The molecule has 5 nitrogen and oxygen atoms in total. The zero-order valence-corrected chi connectivity index (χ0v) is 14.1. The predicted octanol–water partition coefficient (Wildman–Crippen LogP) is 2.25. The van der Waals surface area contributed by atoms with Crippen molar-refractivity contribution in [2.45, 2.75) is 53.9 Å². The highest BCUT2D eigenvalue weighted by molar-refractivity contribution is 5.77. The van der Waals surface area contributed by atoms with Crippen molar-refractivity contribution in [2.24, 2.45) is 28.9 Å². The summed E-state index contributed by atoms with van der Waals surface area (Å²) in [5.41, 5.74) is 5.60. The quantitative estimate of drug-likeness (QED) is 0.609. The number of carbonyl (C=O) groups excluding carboxylic acids is 1. The Kier molecular flexibility index (Phi) is 8.55. The molecule has 0 heterocycles. The SMILES string of the molecule is CC(C)C[C@H](CN)CC(=O)NCC(CC(C)(C)C)C(=O)O. The monoisotopic (exact) mass is 300 g/mol. The summed E-state index contributed by atoms with van der Waals surface area (Å²) in [5.74, 6) is -0.848. The van der Waals surface area contributed by atoms with E-state index >= 15 is 0 Å². The Labute approximate surface area is 128 Å². The van der Waals surface area contributed by atoms with Crippen LogP contribution in [0.25, 0.3) is 0 Å². The first-order valence-electron chi connectivity index (χ1n) is 7.74. The first-order valence-corrected chi connectivity index (χ1v) is 7.74. The second-order valence-electron chi connectivity index (χ2n) is 7.54. The number of rotatable bonds is 9. The van der Waals surface area contributed by atoms with Crippen LogP contribution in [0, 0.1) is 23.2 Å². The Morgan fingerprint density at radius 1 is 1.24 bits per heavy atom. The second-order valence-corrected chi connectivity index (χ2v) is 7.54. The summed E-state index contributed by atoms with van der Waals surface area (Å²) >= 11 is 0. The number of aliphatic carboxylic acids is 1. The van der Waals surface area contributed by atoms with E-state index in [2.05, 4.69) is 19.2 Å². The summed E-state index contributed by atoms with van der Waals surface area (Å²) in [4.78, 5) is 23.2. The minimum atomic E-state index is -0.859. The van der Waals surface area contributed by atoms with Crippen LogP contribution < -0.4 is 11.1 Å². The van der Waals surface area contributed by atoms with Crippen LogP contribution in [0.4, 0.5) is 0 Å². The first kappa shape index (κ1) is 19.9. The predicted molar refractivity (Wildman–Crippen MR) is 84.8 cm³/mol. The molecule has 0 aromatic heterocycles. The number of nitrogens with one attached hydrogen (secondary N) is 1. The molecule has 0 rings (SSSR count). The van der Waals surface area contributed by atoms with E-state index in [1.807, 2.05) is 20.8 Å². The van der Waals surface area contributed by atoms with Crippen LogP contribution >= 0.6 is 0 Å². The van der Waals surface area contributed by atoms with E-state index in [4.69, 9.17) is 5.73 Å². The van der Waals surface area contributed by atoms with Crippen LogP contribution in [0.2, 0.25) is 0 Å². The van der Waals surface area contributed by atoms with Crippen molar-refractivity contribution in [3.63, 3.8) is 0 Å². The van der Waals surface area contributed by atoms with E-state index in [9.17, 15) is 14.7 Å². The zero-order chi connectivity index (χ0) is 16.6. The molecule has 0 aliphatic rings. The summed E-state index contributed by atoms with van der Waals surface area (Å²) in [6.07, 6.45) is 1.82. The van der Waals surface area contributed by atoms with Gasteiger partial charge in [-0.15, -0.1) is 0 Å². The van der Waals surface area contributed by atoms with E-state index in [-0.39, 0.29) is 23.8 Å². The van der Waals surface area contributed by atoms with Crippen LogP contribution in [0.1, 0.15) is 53.9 Å². The maximum absolute atomic E-state index is 11.9. The fraction of sp³-hybridized carbons (Fsp3) is 0.875. The molecule has 0 aliphatic carbocycles. The van der Waals surface area contributed by atoms with Crippen molar-refractivity contribution in [3.05, 3.63) is 0 Å². The Morgan fingerprint density at radius 2 is 1.81 bits per heavy atom. The molecule has 1 amide bonds. The summed E-state index contributed by atoms with van der Waals surface area (Å²) in [7, 11) is 0. The lowest BCUT2D eigenvalue weighted by atomic mass is 9.84. The molecule has 1 unspecified atom stereocenters. The average Bonchev–Trinajstić information content (AvgIpc) is 2.31. The number of amides is 1. The third-order valence-electron chi connectivity index (χ3n) is 3.37. The Balaban J connectivity index is 4.33. The Hall–Kier alpha value is -1.10. The highest BCUT2D eigenvalue weighted by Gasteiger charge is 2.25. The normalized spacial score (nSPS) is 14.8. The van der Waals surface area contributed by atoms with Crippen molar-refractivity contribution < 1.29 is 14.7 Å². The summed E-state index contributed by atoms with van der Waals surface area (Å²) in [6.45, 7) is 10.9. The number of carboxylic acids is 1. The van der Waals surface area contributed by atoms with Gasteiger partial charge in [-0.2, -0.15) is 0 Å². The molecule has 0 fully saturated rings. The minimum Gasteiger partial charge on any atom is -0.481 e. The second kappa shape index (κ2) is 9.03. The standard InChI is InChI=1S/C16H32N2O3/c1-11(2)6-12(9-17)7-14(19)18-10-13(15(20)21)8-16(3,4)5/h11-13H,6-10,17H2,1-5H3,(H,18,19)(H,20,21)/t12-,13?/m0/s1. The van der Waals surface area contributed by atoms with Crippen LogP contribution in [-0.4, -0.2) is 30.1 Å². The smallest absolute Gasteiger partial charge is 0.308 e. The van der Waals surface area contributed by atoms with Gasteiger partial charge in [0, 0.05) is 13.0 Å². The number of hydrogen-bond acceptors (Lipinski definition) is 3. The first-order chi connectivity index (χ1) is 9.55. The minimum absolute atomic E-state index is 0.0782. The third-order valence-corrected chi connectivity index (χ3v) is 3.37. The van der Waals surface area contributed by atoms with Gasteiger partial charge in [-0.3, -0.25) is 9.59 Å². The molecule has 0 bridgehead atoms. The molecule has 0 saturated heterocycles. The number of hydrogen-bond donors (Lipinski definition) is 3. The van der Waals surface area contributed by atoms with Crippen molar-refractivity contribution in [2.75, 3.05) is 13.1 Å². The lowest BCUT2D eigenvalue weighted by Crippen LogP contribution is -2.36. The third kappa shape index (κ3) is 10.3. The van der Waals surface area contributed by atoms with E-state index < -0.39 is 11.9 Å². The van der Waals surface area contributed by atoms with Gasteiger partial charge in [-0.25, -0.2) is 0 Å². The van der Waals surface area contributed by atoms with Gasteiger partial charge in [0.25, 0.3) is 0 Å². The molecule has 21 heavy (non-hydrogen) atoms. The van der Waals surface area contributed by atoms with Gasteiger partial charge in [-0.1, -0.05) is 34.6 Å². The maximum atomic E-state index is 11.9. The molecule has 0 spiro atoms. The van der Waals surface area contributed by atoms with Gasteiger partial charge in [0.2, 0.25) is 5.91 Å². The Morgan fingerprint density at radius 3 is 2.19 bits per heavy atom. The topological polar surface area (TPSA) is 92.4 Å². The van der Waals surface area contributed by atoms with Crippen molar-refractivity contribution >= 4 is 11.9 Å². The van der Waals surface area contributed by atoms with Gasteiger partial charge in [0.1, 0.15) is 0 Å². The molecular formula is C16H32N2O3. The molecule has 5 heteroatoms. The summed E-state index contributed by atoms with van der Waals surface area (Å²) in [6, 6.07) is 0. The van der Waals surface area contributed by atoms with Crippen molar-refractivity contribution in [1.82, 2.24) is 5.32 Å². The van der Waals surface area contributed by atoms with Gasteiger partial charge in [-0.05, 0) is 36.6 Å². The highest BCUT2D eigenvalue weighted by Crippen LogP contribution is 2.24. The van der Waals surface area contributed by atoms with Gasteiger partial charge >= 0.3 is 5.97 Å². The number of carboxylic acid groups (broad SMARTS) is 1. The van der Waals surface area contributed by atoms with E-state index in [0.29, 0.717) is 25.3 Å². The average molecular weight is 300 g/mol. The van der Waals surface area contributed by atoms with Gasteiger partial charge in [0.05, 0.1) is 5.92 Å². The lowest BCUT2D eigenvalue weighted by molar-refractivity contribution is -0.142. The zero-order valence-electron chi connectivity index (χ0n) is 14.1. The molecule has 0 radical (unpaired) electrons. The molecule has 0 aliphatic heterocycles. The lowest BCUT2D eigenvalue weighted by Gasteiger charge is -2.24. The molecule has 0 saturated carbocycles. The van der Waals surface area contributed by atoms with Crippen molar-refractivity contribution in [1.29, 1.82) is 0 Å². The van der Waals surface area contributed by atoms with Gasteiger partial charge in [0.15, 0.2) is 0 Å². The number of nitrogens with two attached hydrogens (primary N) is 1. The fourth-order valence-corrected chi connectivity index (χ4v) is 2.49. The largest absolute Gasteiger partial charge is 0.481 e. The molecule has 4 N–H and O–H groups in total. The molecule has 0 aromatic rings. The number of carbonyl (C=O) groups is 2. The Bertz CT molecular complexity index is 335. The summed E-state index contributed by atoms with van der Waals surface area (Å²) in [5, 5.41) is 12.0. The highest BCUT2D eigenvalue weighted by atomic mass is 16.4. The van der Waals surface area contributed by atoms with Gasteiger partial charge < -0.3 is 16.2 Å². The van der Waals surface area contributed by atoms with Crippen LogP contribution in [0.5, 0.6) is 0 Å². The molecule has 0 aromatic carbocycles. The maximum Gasteiger partial charge on any atom is 0.308 e. The van der Waals surface area contributed by atoms with Crippen LogP contribution in [-0.2, 0) is 9.59 Å². The molecule has 124 valence electrons. The van der Waals surface area contributed by atoms with E-state index in [0.717, 1.165) is 6.42 Å². The van der Waals surface area contributed by atoms with Crippen molar-refractivity contribution in [3.8, 4) is 0 Å². The van der Waals surface area contributed by atoms with Crippen LogP contribution in [0.15, 0.2) is 0 Å². The summed E-state index contributed by atoms with van der Waals surface area (Å²) < 4.78 is 0. The van der Waals surface area contributed by atoms with Crippen LogP contribution in [0.3, 0.4) is 0 Å². The molecular weight excluding hydrogens is 268 g/mol.